The van der Waals surface area contributed by atoms with Crippen molar-refractivity contribution in [2.24, 2.45) is 5.73 Å². The Morgan fingerprint density at radius 3 is 1.77 bits per heavy atom. The lowest BCUT2D eigenvalue weighted by molar-refractivity contribution is 0.157. The fourth-order valence-corrected chi connectivity index (χ4v) is 9.94. The summed E-state index contributed by atoms with van der Waals surface area (Å²) in [4.78, 5) is 11.5. The van der Waals surface area contributed by atoms with Gasteiger partial charge >= 0.3 is 6.09 Å². The van der Waals surface area contributed by atoms with Crippen LogP contribution in [0, 0.1) is 3.57 Å². The van der Waals surface area contributed by atoms with Crippen molar-refractivity contribution in [2.45, 2.75) is 35.8 Å². The van der Waals surface area contributed by atoms with Crippen molar-refractivity contribution < 1.29 is 40.6 Å². The van der Waals surface area contributed by atoms with Crippen LogP contribution in [-0.4, -0.2) is 81.1 Å². The number of hydrogen-bond acceptors (Lipinski definition) is 12. The molecular formula is C35H37IN6O9S2. The van der Waals surface area contributed by atoms with Gasteiger partial charge in [0.25, 0.3) is 0 Å². The number of halogens is 1. The predicted molar refractivity (Wildman–Crippen MR) is 203 cm³/mol. The maximum atomic E-state index is 15.2. The Morgan fingerprint density at radius 2 is 1.28 bits per heavy atom. The number of carbonyl (C=O) groups is 1. The van der Waals surface area contributed by atoms with Gasteiger partial charge in [0.15, 0.2) is 9.84 Å². The van der Waals surface area contributed by atoms with Crippen molar-refractivity contribution >= 4 is 48.5 Å². The van der Waals surface area contributed by atoms with Crippen molar-refractivity contribution in [3.8, 4) is 28.6 Å². The smallest absolute Gasteiger partial charge is 0.404 e. The number of rotatable bonds is 17. The number of nitrogens with two attached hydrogens (primary N) is 1. The molecule has 0 saturated heterocycles. The summed E-state index contributed by atoms with van der Waals surface area (Å²) in [6.07, 6.45) is -1.19. The SMILES string of the molecule is COc1ccc(CN(Cc2ccc(OC)cc2)S(=O)(=O)c2c(S(=O)(=O)CCCOC(N)=O)ccc(I)c2-c2nnn(Cc3ccc(OC)cc3)n2)cc1. The number of primary amides is 1. The molecule has 0 aliphatic carbocycles. The van der Waals surface area contributed by atoms with Crippen LogP contribution in [0.2, 0.25) is 0 Å². The molecular weight excluding hydrogens is 839 g/mol. The Kier molecular flexibility index (Phi) is 12.9. The number of ether oxygens (including phenoxy) is 4. The van der Waals surface area contributed by atoms with Crippen molar-refractivity contribution in [1.82, 2.24) is 24.5 Å². The lowest BCUT2D eigenvalue weighted by atomic mass is 10.2. The topological polar surface area (TPSA) is 195 Å². The predicted octanol–water partition coefficient (Wildman–Crippen LogP) is 4.67. The molecule has 0 unspecified atom stereocenters. The number of sulfonamides is 1. The minimum Gasteiger partial charge on any atom is -0.497 e. The Balaban J connectivity index is 1.66. The minimum atomic E-state index is -4.69. The number of hydrogen-bond donors (Lipinski definition) is 1. The Labute approximate surface area is 321 Å². The number of benzene rings is 4. The molecule has 280 valence electrons. The highest BCUT2D eigenvalue weighted by atomic mass is 127. The Bertz CT molecular complexity index is 2200. The Hall–Kier alpha value is -4.79. The summed E-state index contributed by atoms with van der Waals surface area (Å²) in [6.45, 7) is -0.357. The van der Waals surface area contributed by atoms with Crippen LogP contribution in [0.25, 0.3) is 11.4 Å². The van der Waals surface area contributed by atoms with Gasteiger partial charge in [-0.05, 0) is 99.4 Å². The lowest BCUT2D eigenvalue weighted by Gasteiger charge is -2.25. The molecule has 0 spiro atoms. The van der Waals surface area contributed by atoms with Gasteiger partial charge in [-0.2, -0.15) is 9.10 Å². The van der Waals surface area contributed by atoms with Crippen molar-refractivity contribution in [3.63, 3.8) is 0 Å². The van der Waals surface area contributed by atoms with Crippen molar-refractivity contribution in [1.29, 1.82) is 0 Å². The first-order valence-corrected chi connectivity index (χ1v) is 20.2. The maximum absolute atomic E-state index is 15.2. The van der Waals surface area contributed by atoms with E-state index >= 15 is 8.42 Å². The van der Waals surface area contributed by atoms with E-state index < -0.39 is 41.5 Å². The molecule has 1 heterocycles. The third kappa shape index (κ3) is 9.80. The monoisotopic (exact) mass is 876 g/mol. The molecule has 0 aliphatic heterocycles. The molecule has 53 heavy (non-hydrogen) atoms. The van der Waals surface area contributed by atoms with Gasteiger partial charge in [-0.1, -0.05) is 36.4 Å². The van der Waals surface area contributed by atoms with E-state index in [1.165, 1.54) is 35.5 Å². The Morgan fingerprint density at radius 1 is 0.774 bits per heavy atom. The maximum Gasteiger partial charge on any atom is 0.404 e. The van der Waals surface area contributed by atoms with Crippen LogP contribution in [0.15, 0.2) is 94.7 Å². The van der Waals surface area contributed by atoms with E-state index in [0.29, 0.717) is 31.9 Å². The van der Waals surface area contributed by atoms with Crippen LogP contribution in [0.3, 0.4) is 0 Å². The standard InChI is InChI=1S/C35H37IN6O9S2/c1-48-27-11-5-24(6-12-27)21-41(22-25-7-13-28(49-2)14-8-25)53(46,47)33-31(52(44,45)20-4-19-51-35(37)43)18-17-30(36)32(33)34-38-40-42(39-34)23-26-9-15-29(50-3)16-10-26/h5-18H,4,19-23H2,1-3H3,(H2,37,43). The highest BCUT2D eigenvalue weighted by Crippen LogP contribution is 2.38. The van der Waals surface area contributed by atoms with Crippen LogP contribution in [-0.2, 0) is 44.2 Å². The molecule has 0 saturated carbocycles. The summed E-state index contributed by atoms with van der Waals surface area (Å²) >= 11 is 1.94. The third-order valence-electron chi connectivity index (χ3n) is 8.00. The normalized spacial score (nSPS) is 11.7. The summed E-state index contributed by atoms with van der Waals surface area (Å²) in [5.41, 5.74) is 7.07. The van der Waals surface area contributed by atoms with Gasteiger partial charge in [0, 0.05) is 16.7 Å². The molecule has 0 atom stereocenters. The lowest BCUT2D eigenvalue weighted by Crippen LogP contribution is -2.32. The average molecular weight is 877 g/mol. The second-order valence-electron chi connectivity index (χ2n) is 11.6. The van der Waals surface area contributed by atoms with Crippen molar-refractivity contribution in [2.75, 3.05) is 33.7 Å². The zero-order valence-corrected chi connectivity index (χ0v) is 32.8. The number of tetrazole rings is 1. The van der Waals surface area contributed by atoms with E-state index in [-0.39, 0.29) is 44.0 Å². The first kappa shape index (κ1) is 39.4. The highest BCUT2D eigenvalue weighted by Gasteiger charge is 2.37. The van der Waals surface area contributed by atoms with Crippen LogP contribution >= 0.6 is 22.6 Å². The third-order valence-corrected chi connectivity index (χ3v) is 12.7. The summed E-state index contributed by atoms with van der Waals surface area (Å²) in [7, 11) is -4.42. The number of amides is 1. The molecule has 4 aromatic carbocycles. The van der Waals surface area contributed by atoms with Gasteiger partial charge in [-0.3, -0.25) is 0 Å². The van der Waals surface area contributed by atoms with Crippen LogP contribution in [0.1, 0.15) is 23.1 Å². The van der Waals surface area contributed by atoms with E-state index in [1.807, 2.05) is 34.7 Å². The van der Waals surface area contributed by atoms with E-state index in [0.717, 1.165) is 5.56 Å². The quantitative estimate of drug-likeness (QED) is 0.100. The first-order valence-electron chi connectivity index (χ1n) is 16.0. The molecule has 1 aromatic heterocycles. The van der Waals surface area contributed by atoms with E-state index in [4.69, 9.17) is 24.7 Å². The van der Waals surface area contributed by atoms with E-state index in [2.05, 4.69) is 15.4 Å². The van der Waals surface area contributed by atoms with Crippen LogP contribution in [0.4, 0.5) is 4.79 Å². The van der Waals surface area contributed by atoms with Gasteiger partial charge in [-0.15, -0.1) is 10.2 Å². The minimum absolute atomic E-state index is 0.0319. The molecule has 2 N–H and O–H groups in total. The van der Waals surface area contributed by atoms with Crippen molar-refractivity contribution in [3.05, 3.63) is 105 Å². The number of sulfone groups is 1. The van der Waals surface area contributed by atoms with Gasteiger partial charge in [0.1, 0.15) is 22.1 Å². The largest absolute Gasteiger partial charge is 0.497 e. The summed E-state index contributed by atoms with van der Waals surface area (Å²) in [5.74, 6) is 1.19. The molecule has 5 aromatic rings. The molecule has 0 radical (unpaired) electrons. The van der Waals surface area contributed by atoms with Gasteiger partial charge in [-0.25, -0.2) is 21.6 Å². The van der Waals surface area contributed by atoms with Gasteiger partial charge < -0.3 is 24.7 Å². The highest BCUT2D eigenvalue weighted by molar-refractivity contribution is 14.1. The molecule has 1 amide bonds. The number of nitrogens with zero attached hydrogens (tertiary/aromatic N) is 5. The number of carbonyl (C=O) groups excluding carboxylic acids is 1. The van der Waals surface area contributed by atoms with Crippen LogP contribution < -0.4 is 19.9 Å². The molecule has 15 nitrogen and oxygen atoms in total. The molecule has 0 aliphatic rings. The van der Waals surface area contributed by atoms with Gasteiger partial charge in [0.2, 0.25) is 15.8 Å². The van der Waals surface area contributed by atoms with E-state index in [9.17, 15) is 13.2 Å². The second-order valence-corrected chi connectivity index (χ2v) is 16.7. The molecule has 18 heteroatoms. The van der Waals surface area contributed by atoms with Crippen LogP contribution in [0.5, 0.6) is 17.2 Å². The zero-order chi connectivity index (χ0) is 38.2. The molecule has 0 fully saturated rings. The zero-order valence-electron chi connectivity index (χ0n) is 29.0. The summed E-state index contributed by atoms with van der Waals surface area (Å²) in [6, 6.07) is 23.7. The fourth-order valence-electron chi connectivity index (χ4n) is 5.31. The van der Waals surface area contributed by atoms with Gasteiger partial charge in [0.05, 0.1) is 50.7 Å². The molecule has 5 rings (SSSR count). The number of methoxy groups -OCH3 is 3. The number of aromatic nitrogens is 4. The first-order chi connectivity index (χ1) is 25.3. The fraction of sp³-hybridized carbons (Fsp3) is 0.257. The van der Waals surface area contributed by atoms with E-state index in [1.54, 1.807) is 67.8 Å². The second kappa shape index (κ2) is 17.4. The summed E-state index contributed by atoms with van der Waals surface area (Å²) < 4.78 is 80.7. The average Bonchev–Trinajstić information content (AvgIpc) is 3.61. The molecule has 0 bridgehead atoms. The summed E-state index contributed by atoms with van der Waals surface area (Å²) in [5, 5.41) is 12.9.